The van der Waals surface area contributed by atoms with Crippen molar-refractivity contribution in [3.05, 3.63) is 0 Å². The van der Waals surface area contributed by atoms with E-state index in [9.17, 15) is 19.8 Å². The first-order valence-corrected chi connectivity index (χ1v) is 6.52. The molecule has 0 spiro atoms. The Kier molecular flexibility index (Phi) is 3.24. The molecule has 3 N–H and O–H groups in total. The predicted octanol–water partition coefficient (Wildman–Crippen LogP) is -0.426. The van der Waals surface area contributed by atoms with Crippen molar-refractivity contribution in [2.24, 2.45) is 10.6 Å². The minimum Gasteiger partial charge on any atom is -0.480 e. The smallest absolute Gasteiger partial charge is 0.318 e. The molecular formula is C10H14N2O5S. The molecule has 2 heterocycles. The number of carboxylic acid groups (broad SMARTS) is 1. The normalized spacial score (nSPS) is 33.7. The predicted molar refractivity (Wildman–Crippen MR) is 63.5 cm³/mol. The number of amides is 1. The summed E-state index contributed by atoms with van der Waals surface area (Å²) in [6.45, 7) is 1.29. The van der Waals surface area contributed by atoms with Crippen LogP contribution in [0.15, 0.2) is 5.16 Å². The van der Waals surface area contributed by atoms with E-state index in [1.54, 1.807) is 0 Å². The lowest BCUT2D eigenvalue weighted by molar-refractivity contribution is -0.151. The van der Waals surface area contributed by atoms with E-state index in [1.165, 1.54) is 23.6 Å². The van der Waals surface area contributed by atoms with Gasteiger partial charge >= 0.3 is 5.97 Å². The highest BCUT2D eigenvalue weighted by Crippen LogP contribution is 2.43. The summed E-state index contributed by atoms with van der Waals surface area (Å²) in [6.07, 6.45) is -0.764. The number of hydrogen-bond donors (Lipinski definition) is 3. The summed E-state index contributed by atoms with van der Waals surface area (Å²) in [5.41, 5.74) is -1.72. The first kappa shape index (κ1) is 13.2. The molecule has 3 atom stereocenters. The standard InChI is InChI=1S/C10H14N2O5S/c1-5(13)8(11-17)10(9(15)16)3-12-6(14)2-7(12)18-4-10/h5,7,13,17H,2-4H2,1H3,(H,15,16)/t5-,7-,10?/m1/s1. The number of rotatable bonds is 3. The molecule has 7 nitrogen and oxygen atoms in total. The Balaban J connectivity index is 2.33. The average Bonchev–Trinajstić information content (AvgIpc) is 2.29. The van der Waals surface area contributed by atoms with Gasteiger partial charge in [0.05, 0.1) is 17.9 Å². The van der Waals surface area contributed by atoms with Gasteiger partial charge in [0.15, 0.2) is 0 Å². The molecule has 0 aliphatic carbocycles. The quantitative estimate of drug-likeness (QED) is 0.279. The van der Waals surface area contributed by atoms with E-state index in [0.29, 0.717) is 6.42 Å². The number of aliphatic hydroxyl groups is 1. The Morgan fingerprint density at radius 2 is 2.33 bits per heavy atom. The van der Waals surface area contributed by atoms with Gasteiger partial charge in [-0.2, -0.15) is 0 Å². The summed E-state index contributed by atoms with van der Waals surface area (Å²) >= 11 is 1.33. The number of nitrogens with zero attached hydrogens (tertiary/aromatic N) is 2. The molecule has 0 bridgehead atoms. The van der Waals surface area contributed by atoms with Crippen molar-refractivity contribution in [2.75, 3.05) is 12.3 Å². The third-order valence-corrected chi connectivity index (χ3v) is 4.85. The van der Waals surface area contributed by atoms with E-state index < -0.39 is 17.5 Å². The fraction of sp³-hybridized carbons (Fsp3) is 0.700. The molecule has 0 radical (unpaired) electrons. The summed E-state index contributed by atoms with van der Waals surface area (Å²) in [5, 5.41) is 30.9. The summed E-state index contributed by atoms with van der Waals surface area (Å²) in [6, 6.07) is 0. The maximum Gasteiger partial charge on any atom is 0.318 e. The number of carbonyl (C=O) groups is 2. The second-order valence-corrected chi connectivity index (χ2v) is 5.71. The zero-order valence-electron chi connectivity index (χ0n) is 9.74. The lowest BCUT2D eigenvalue weighted by Gasteiger charge is -2.50. The van der Waals surface area contributed by atoms with Gasteiger partial charge in [-0.05, 0) is 6.92 Å². The number of aliphatic hydroxyl groups excluding tert-OH is 1. The third-order valence-electron chi connectivity index (χ3n) is 3.38. The van der Waals surface area contributed by atoms with Crippen molar-refractivity contribution in [1.82, 2.24) is 4.90 Å². The first-order valence-electron chi connectivity index (χ1n) is 5.47. The number of oxime groups is 1. The second-order valence-electron chi connectivity index (χ2n) is 4.54. The average molecular weight is 274 g/mol. The largest absolute Gasteiger partial charge is 0.480 e. The van der Waals surface area contributed by atoms with E-state index in [-0.39, 0.29) is 29.3 Å². The molecule has 2 saturated heterocycles. The molecule has 0 aromatic heterocycles. The molecule has 8 heteroatoms. The van der Waals surface area contributed by atoms with Gasteiger partial charge < -0.3 is 20.3 Å². The Bertz CT molecular complexity index is 424. The van der Waals surface area contributed by atoms with Crippen LogP contribution in [-0.2, 0) is 9.59 Å². The maximum atomic E-state index is 11.5. The molecule has 1 unspecified atom stereocenters. The van der Waals surface area contributed by atoms with Crippen molar-refractivity contribution >= 4 is 29.4 Å². The van der Waals surface area contributed by atoms with Crippen LogP contribution in [0, 0.1) is 5.41 Å². The van der Waals surface area contributed by atoms with Gasteiger partial charge in [0, 0.05) is 12.3 Å². The van der Waals surface area contributed by atoms with Gasteiger partial charge in [-0.25, -0.2) is 0 Å². The number of carbonyl (C=O) groups excluding carboxylic acids is 1. The fourth-order valence-corrected chi connectivity index (χ4v) is 3.78. The van der Waals surface area contributed by atoms with E-state index in [2.05, 4.69) is 5.16 Å². The number of thioether (sulfide) groups is 1. The molecule has 2 rings (SSSR count). The van der Waals surface area contributed by atoms with Crippen molar-refractivity contribution in [3.8, 4) is 0 Å². The number of fused-ring (bicyclic) bond motifs is 1. The zero-order chi connectivity index (χ0) is 13.5. The van der Waals surface area contributed by atoms with E-state index in [1.807, 2.05) is 0 Å². The van der Waals surface area contributed by atoms with E-state index in [0.717, 1.165) is 0 Å². The van der Waals surface area contributed by atoms with Crippen LogP contribution >= 0.6 is 11.8 Å². The molecule has 2 fully saturated rings. The van der Waals surface area contributed by atoms with Gasteiger partial charge in [0.25, 0.3) is 0 Å². The Morgan fingerprint density at radius 1 is 1.67 bits per heavy atom. The van der Waals surface area contributed by atoms with Crippen molar-refractivity contribution in [2.45, 2.75) is 24.8 Å². The molecule has 0 aromatic carbocycles. The van der Waals surface area contributed by atoms with Crippen molar-refractivity contribution < 1.29 is 25.0 Å². The van der Waals surface area contributed by atoms with Gasteiger partial charge in [-0.3, -0.25) is 9.59 Å². The minimum absolute atomic E-state index is 0.0129. The molecule has 2 aliphatic heterocycles. The highest BCUT2D eigenvalue weighted by molar-refractivity contribution is 8.00. The minimum atomic E-state index is -1.51. The summed E-state index contributed by atoms with van der Waals surface area (Å²) in [5.74, 6) is -1.12. The van der Waals surface area contributed by atoms with Gasteiger partial charge in [0.2, 0.25) is 5.91 Å². The molecule has 2 aliphatic rings. The van der Waals surface area contributed by atoms with Gasteiger partial charge in [0.1, 0.15) is 11.1 Å². The molecule has 0 aromatic rings. The lowest BCUT2D eigenvalue weighted by Crippen LogP contribution is -2.64. The fourth-order valence-electron chi connectivity index (χ4n) is 2.31. The molecule has 1 amide bonds. The number of aliphatic carboxylic acids is 1. The first-order chi connectivity index (χ1) is 8.42. The maximum absolute atomic E-state index is 11.5. The van der Waals surface area contributed by atoms with Crippen LogP contribution < -0.4 is 0 Å². The zero-order valence-corrected chi connectivity index (χ0v) is 10.6. The summed E-state index contributed by atoms with van der Waals surface area (Å²) in [7, 11) is 0. The van der Waals surface area contributed by atoms with Crippen LogP contribution in [0.5, 0.6) is 0 Å². The van der Waals surface area contributed by atoms with Crippen LogP contribution in [0.25, 0.3) is 0 Å². The molecule has 18 heavy (non-hydrogen) atoms. The third kappa shape index (κ3) is 1.76. The summed E-state index contributed by atoms with van der Waals surface area (Å²) in [4.78, 5) is 24.4. The Hall–Kier alpha value is -1.28. The number of hydrogen-bond acceptors (Lipinski definition) is 6. The van der Waals surface area contributed by atoms with Crippen LogP contribution in [0.2, 0.25) is 0 Å². The van der Waals surface area contributed by atoms with Crippen LogP contribution in [0.3, 0.4) is 0 Å². The van der Waals surface area contributed by atoms with Gasteiger partial charge in [-0.15, -0.1) is 11.8 Å². The van der Waals surface area contributed by atoms with Crippen LogP contribution in [-0.4, -0.2) is 61.7 Å². The Morgan fingerprint density at radius 3 is 2.78 bits per heavy atom. The second kappa shape index (κ2) is 4.43. The number of β-lactam (4-membered cyclic amide) rings is 1. The van der Waals surface area contributed by atoms with Crippen molar-refractivity contribution in [3.63, 3.8) is 0 Å². The lowest BCUT2D eigenvalue weighted by atomic mass is 9.80. The highest BCUT2D eigenvalue weighted by atomic mass is 32.2. The highest BCUT2D eigenvalue weighted by Gasteiger charge is 2.55. The van der Waals surface area contributed by atoms with Crippen molar-refractivity contribution in [1.29, 1.82) is 0 Å². The SMILES string of the molecule is C[C@@H](O)C(=NO)C1(C(=O)O)CS[C@@H]2CC(=O)N2C1. The number of carboxylic acids is 1. The van der Waals surface area contributed by atoms with Gasteiger partial charge in [-0.1, -0.05) is 5.16 Å². The Labute approximate surface area is 107 Å². The summed E-state index contributed by atoms with van der Waals surface area (Å²) < 4.78 is 0. The van der Waals surface area contributed by atoms with E-state index >= 15 is 0 Å². The monoisotopic (exact) mass is 274 g/mol. The molecule has 100 valence electrons. The molecule has 0 saturated carbocycles. The van der Waals surface area contributed by atoms with E-state index in [4.69, 9.17) is 5.21 Å². The topological polar surface area (TPSA) is 110 Å². The molecular weight excluding hydrogens is 260 g/mol. The van der Waals surface area contributed by atoms with Crippen LogP contribution in [0.4, 0.5) is 0 Å². The van der Waals surface area contributed by atoms with Crippen LogP contribution in [0.1, 0.15) is 13.3 Å².